The Morgan fingerprint density at radius 1 is 0.833 bits per heavy atom. The van der Waals surface area contributed by atoms with E-state index in [1.54, 1.807) is 10.9 Å². The van der Waals surface area contributed by atoms with Gasteiger partial charge in [-0.2, -0.15) is 0 Å². The van der Waals surface area contributed by atoms with Gasteiger partial charge in [-0.15, -0.1) is 5.10 Å². The van der Waals surface area contributed by atoms with Crippen LogP contribution in [0.15, 0.2) is 114 Å². The average molecular weight is 479 g/mol. The lowest BCUT2D eigenvalue weighted by atomic mass is 10.0. The summed E-state index contributed by atoms with van der Waals surface area (Å²) in [6.07, 6.45) is 0.993. The van der Waals surface area contributed by atoms with Gasteiger partial charge in [-0.3, -0.25) is 0 Å². The average Bonchev–Trinajstić information content (AvgIpc) is 3.37. The number of oxime groups is 1. The molecule has 0 aliphatic rings. The zero-order chi connectivity index (χ0) is 24.6. The van der Waals surface area contributed by atoms with Crippen molar-refractivity contribution in [3.8, 4) is 5.75 Å². The lowest BCUT2D eigenvalue weighted by molar-refractivity contribution is 0.0888. The minimum atomic E-state index is -0.743. The third-order valence-electron chi connectivity index (χ3n) is 5.61. The molecule has 0 bridgehead atoms. The minimum Gasteiger partial charge on any atom is -0.491 e. The molecule has 0 aliphatic heterocycles. The number of hydrogen-bond acceptors (Lipinski definition) is 6. The van der Waals surface area contributed by atoms with Gasteiger partial charge in [0.2, 0.25) is 0 Å². The molecule has 1 unspecified atom stereocenters. The number of aliphatic hydroxyl groups excluding tert-OH is 1. The van der Waals surface area contributed by atoms with Gasteiger partial charge in [0.05, 0.1) is 12.7 Å². The lowest BCUT2D eigenvalue weighted by Crippen LogP contribution is -2.23. The number of hydrogen-bond donors (Lipinski definition) is 1. The Morgan fingerprint density at radius 3 is 2.22 bits per heavy atom. The van der Waals surface area contributed by atoms with Crippen molar-refractivity contribution in [3.05, 3.63) is 126 Å². The van der Waals surface area contributed by atoms with Gasteiger partial charge in [0, 0.05) is 11.1 Å². The molecule has 36 heavy (non-hydrogen) atoms. The molecule has 0 saturated heterocycles. The predicted molar refractivity (Wildman–Crippen MR) is 139 cm³/mol. The maximum Gasteiger partial charge on any atom is 0.162 e. The van der Waals surface area contributed by atoms with E-state index >= 15 is 0 Å². The molecule has 0 saturated carbocycles. The third-order valence-corrected chi connectivity index (χ3v) is 5.61. The highest BCUT2D eigenvalue weighted by Gasteiger charge is 2.11. The van der Waals surface area contributed by atoms with Gasteiger partial charge in [0.1, 0.15) is 29.9 Å². The summed E-state index contributed by atoms with van der Waals surface area (Å²) in [5, 5.41) is 25.3. The lowest BCUT2D eigenvalue weighted by Gasteiger charge is -2.12. The fourth-order valence-corrected chi connectivity index (χ4v) is 3.84. The fraction of sp³-hybridized carbons (Fsp3) is 0.138. The van der Waals surface area contributed by atoms with Crippen molar-refractivity contribution in [3.63, 3.8) is 0 Å². The molecule has 4 aromatic carbocycles. The standard InChI is InChI=1S/C29H26N4O3/c34-27(21-35-28-16-15-22-9-7-8-14-25(22)17-28)19-33-18-26(30-32-33)20-36-31-29(23-10-3-1-4-11-23)24-12-5-2-6-13-24/h1-18,27,34H,19-21H2. The number of ether oxygens (including phenoxy) is 1. The highest BCUT2D eigenvalue weighted by molar-refractivity contribution is 6.12. The Hall–Kier alpha value is -4.49. The van der Waals surface area contributed by atoms with E-state index in [1.807, 2.05) is 97.1 Å². The molecular formula is C29H26N4O3. The Bertz CT molecular complexity index is 1390. The van der Waals surface area contributed by atoms with Gasteiger partial charge in [-0.05, 0) is 22.9 Å². The molecule has 0 fully saturated rings. The number of fused-ring (bicyclic) bond motifs is 1. The summed E-state index contributed by atoms with van der Waals surface area (Å²) >= 11 is 0. The highest BCUT2D eigenvalue weighted by atomic mass is 16.6. The van der Waals surface area contributed by atoms with Crippen LogP contribution in [-0.4, -0.2) is 38.5 Å². The maximum atomic E-state index is 10.4. The van der Waals surface area contributed by atoms with Crippen LogP contribution in [0.2, 0.25) is 0 Å². The maximum absolute atomic E-state index is 10.4. The zero-order valence-corrected chi connectivity index (χ0v) is 19.6. The molecule has 7 heteroatoms. The fourth-order valence-electron chi connectivity index (χ4n) is 3.84. The van der Waals surface area contributed by atoms with Gasteiger partial charge >= 0.3 is 0 Å². The molecule has 5 aromatic rings. The summed E-state index contributed by atoms with van der Waals surface area (Å²) in [4.78, 5) is 5.63. The van der Waals surface area contributed by atoms with E-state index in [1.165, 1.54) is 0 Å². The van der Waals surface area contributed by atoms with E-state index < -0.39 is 6.10 Å². The first-order valence-corrected chi connectivity index (χ1v) is 11.7. The number of benzene rings is 4. The first-order valence-electron chi connectivity index (χ1n) is 11.7. The van der Waals surface area contributed by atoms with Crippen LogP contribution >= 0.6 is 0 Å². The van der Waals surface area contributed by atoms with Crippen LogP contribution in [0.1, 0.15) is 16.8 Å². The molecule has 7 nitrogen and oxygen atoms in total. The normalized spacial score (nSPS) is 11.7. The van der Waals surface area contributed by atoms with Crippen molar-refractivity contribution in [2.75, 3.05) is 6.61 Å². The van der Waals surface area contributed by atoms with Gasteiger partial charge in [0.25, 0.3) is 0 Å². The molecule has 0 aliphatic carbocycles. The Morgan fingerprint density at radius 2 is 1.50 bits per heavy atom. The van der Waals surface area contributed by atoms with E-state index in [2.05, 4.69) is 21.5 Å². The Labute approximate surface area is 209 Å². The summed E-state index contributed by atoms with van der Waals surface area (Å²) in [7, 11) is 0. The van der Waals surface area contributed by atoms with Crippen molar-refractivity contribution in [1.29, 1.82) is 0 Å². The van der Waals surface area contributed by atoms with Gasteiger partial charge in [-0.25, -0.2) is 4.68 Å². The number of nitrogens with zero attached hydrogens (tertiary/aromatic N) is 4. The molecule has 0 radical (unpaired) electrons. The topological polar surface area (TPSA) is 81.8 Å². The van der Waals surface area contributed by atoms with Gasteiger partial charge in [0.15, 0.2) is 6.61 Å². The second-order valence-corrected chi connectivity index (χ2v) is 8.35. The number of aliphatic hydroxyl groups is 1. The van der Waals surface area contributed by atoms with Crippen molar-refractivity contribution in [1.82, 2.24) is 15.0 Å². The first kappa shape index (κ1) is 23.3. The molecule has 1 atom stereocenters. The SMILES string of the molecule is OC(COc1ccc2ccccc2c1)Cn1cc(CON=C(c2ccccc2)c2ccccc2)nn1. The monoisotopic (exact) mass is 478 g/mol. The molecule has 0 amide bonds. The second-order valence-electron chi connectivity index (χ2n) is 8.35. The van der Waals surface area contributed by atoms with Gasteiger partial charge in [-0.1, -0.05) is 101 Å². The van der Waals surface area contributed by atoms with Crippen LogP contribution in [0.4, 0.5) is 0 Å². The second kappa shape index (κ2) is 11.3. The summed E-state index contributed by atoms with van der Waals surface area (Å²) < 4.78 is 7.35. The van der Waals surface area contributed by atoms with Crippen molar-refractivity contribution >= 4 is 16.5 Å². The van der Waals surface area contributed by atoms with E-state index in [0.717, 1.165) is 27.6 Å². The number of aromatic nitrogens is 3. The van der Waals surface area contributed by atoms with Gasteiger partial charge < -0.3 is 14.7 Å². The van der Waals surface area contributed by atoms with Crippen LogP contribution in [0.25, 0.3) is 10.8 Å². The summed E-state index contributed by atoms with van der Waals surface area (Å²) in [6, 6.07) is 33.7. The van der Waals surface area contributed by atoms with Crippen molar-refractivity contribution in [2.45, 2.75) is 19.3 Å². The van der Waals surface area contributed by atoms with Crippen molar-refractivity contribution in [2.24, 2.45) is 5.16 Å². The van der Waals surface area contributed by atoms with Crippen molar-refractivity contribution < 1.29 is 14.7 Å². The largest absolute Gasteiger partial charge is 0.491 e. The molecule has 1 heterocycles. The van der Waals surface area contributed by atoms with E-state index in [4.69, 9.17) is 9.57 Å². The molecule has 1 N–H and O–H groups in total. The molecular weight excluding hydrogens is 452 g/mol. The Balaban J connectivity index is 1.16. The minimum absolute atomic E-state index is 0.145. The van der Waals surface area contributed by atoms with Crippen LogP contribution in [0.5, 0.6) is 5.75 Å². The first-order chi connectivity index (χ1) is 17.7. The van der Waals surface area contributed by atoms with Crippen LogP contribution < -0.4 is 4.74 Å². The third kappa shape index (κ3) is 5.95. The van der Waals surface area contributed by atoms with Crippen LogP contribution in [-0.2, 0) is 18.0 Å². The van der Waals surface area contributed by atoms with Crippen LogP contribution in [0.3, 0.4) is 0 Å². The van der Waals surface area contributed by atoms with Crippen LogP contribution in [0, 0.1) is 0 Å². The predicted octanol–water partition coefficient (Wildman–Crippen LogP) is 4.84. The summed E-state index contributed by atoms with van der Waals surface area (Å²) in [6.45, 7) is 0.557. The Kier molecular flexibility index (Phi) is 7.30. The van der Waals surface area contributed by atoms with E-state index in [-0.39, 0.29) is 19.8 Å². The number of rotatable bonds is 10. The summed E-state index contributed by atoms with van der Waals surface area (Å²) in [5.74, 6) is 0.714. The quantitative estimate of drug-likeness (QED) is 0.229. The molecule has 1 aromatic heterocycles. The van der Waals surface area contributed by atoms with E-state index in [0.29, 0.717) is 11.4 Å². The highest BCUT2D eigenvalue weighted by Crippen LogP contribution is 2.20. The molecule has 180 valence electrons. The summed E-state index contributed by atoms with van der Waals surface area (Å²) in [5.41, 5.74) is 3.27. The zero-order valence-electron chi connectivity index (χ0n) is 19.6. The molecule has 0 spiro atoms. The van der Waals surface area contributed by atoms with E-state index in [9.17, 15) is 5.11 Å². The smallest absolute Gasteiger partial charge is 0.162 e. The molecule has 5 rings (SSSR count).